The average Bonchev–Trinajstić information content (AvgIpc) is 3.32. The van der Waals surface area contributed by atoms with Crippen molar-refractivity contribution in [3.8, 4) is 5.75 Å². The predicted octanol–water partition coefficient (Wildman–Crippen LogP) is 5.79. The highest BCUT2D eigenvalue weighted by atomic mass is 31.2. The first-order valence-corrected chi connectivity index (χ1v) is 13.5. The van der Waals surface area contributed by atoms with Gasteiger partial charge in [0.2, 0.25) is 0 Å². The third kappa shape index (κ3) is 4.49. The van der Waals surface area contributed by atoms with Crippen LogP contribution in [-0.2, 0) is 30.2 Å². The molecule has 0 saturated heterocycles. The number of Topliss-reactive ketones (excluding diaryl/α,β-unsaturated/α-hetero) is 1. The molecule has 1 aliphatic heterocycles. The quantitative estimate of drug-likeness (QED) is 0.467. The molecule has 1 N–H and O–H groups in total. The summed E-state index contributed by atoms with van der Waals surface area (Å²) < 4.78 is 29.2. The van der Waals surface area contributed by atoms with Crippen molar-refractivity contribution in [2.24, 2.45) is 5.92 Å². The van der Waals surface area contributed by atoms with E-state index in [0.29, 0.717) is 37.7 Å². The Bertz CT molecular complexity index is 1050. The Morgan fingerprint density at radius 1 is 1.09 bits per heavy atom. The van der Waals surface area contributed by atoms with E-state index in [1.807, 2.05) is 24.3 Å². The number of fused-ring (bicyclic) bond motifs is 2. The molecule has 1 spiro atoms. The van der Waals surface area contributed by atoms with Crippen LogP contribution in [-0.4, -0.2) is 31.9 Å². The maximum atomic E-state index is 13.2. The van der Waals surface area contributed by atoms with E-state index < -0.39 is 13.0 Å². The molecular formula is C26H34NO5P. The zero-order valence-corrected chi connectivity index (χ0v) is 20.9. The lowest BCUT2D eigenvalue weighted by molar-refractivity contribution is -0.122. The molecule has 4 rings (SSSR count). The molecule has 6 nitrogen and oxygen atoms in total. The summed E-state index contributed by atoms with van der Waals surface area (Å²) in [6.45, 7) is 9.00. The number of para-hydroxylation sites is 1. The van der Waals surface area contributed by atoms with E-state index >= 15 is 0 Å². The Balaban J connectivity index is 1.55. The van der Waals surface area contributed by atoms with Crippen molar-refractivity contribution in [3.05, 3.63) is 58.7 Å². The Labute approximate surface area is 196 Å². The zero-order chi connectivity index (χ0) is 23.6. The molecule has 1 aliphatic carbocycles. The second-order valence-electron chi connectivity index (χ2n) is 8.99. The molecule has 0 radical (unpaired) electrons. The molecule has 2 aromatic rings. The lowest BCUT2D eigenvalue weighted by Gasteiger charge is -2.31. The number of carbonyl (C=O) groups is 1. The third-order valence-electron chi connectivity index (χ3n) is 7.04. The Morgan fingerprint density at radius 3 is 2.42 bits per heavy atom. The first-order valence-electron chi connectivity index (χ1n) is 11.8. The lowest BCUT2D eigenvalue weighted by Crippen LogP contribution is -2.40. The number of aryl methyl sites for hydroxylation is 2. The van der Waals surface area contributed by atoms with Crippen molar-refractivity contribution >= 4 is 19.1 Å². The van der Waals surface area contributed by atoms with Crippen LogP contribution in [0.2, 0.25) is 0 Å². The van der Waals surface area contributed by atoms with E-state index in [1.54, 1.807) is 13.8 Å². The van der Waals surface area contributed by atoms with Gasteiger partial charge in [-0.2, -0.15) is 0 Å². The highest BCUT2D eigenvalue weighted by Gasteiger charge is 2.54. The van der Waals surface area contributed by atoms with Crippen LogP contribution in [0.15, 0.2) is 36.4 Å². The number of ketones is 1. The summed E-state index contributed by atoms with van der Waals surface area (Å²) in [5.74, 6) is 1.25. The van der Waals surface area contributed by atoms with E-state index in [4.69, 9.17) is 13.8 Å². The number of nitrogens with one attached hydrogen (secondary N) is 1. The van der Waals surface area contributed by atoms with Crippen molar-refractivity contribution in [2.45, 2.75) is 52.4 Å². The van der Waals surface area contributed by atoms with Crippen molar-refractivity contribution in [1.82, 2.24) is 0 Å². The fourth-order valence-corrected chi connectivity index (χ4v) is 6.83. The molecule has 2 aliphatic rings. The zero-order valence-electron chi connectivity index (χ0n) is 20.0. The topological polar surface area (TPSA) is 73.9 Å². The molecule has 0 aromatic heterocycles. The average molecular weight is 472 g/mol. The normalized spacial score (nSPS) is 21.9. The number of rotatable bonds is 9. The summed E-state index contributed by atoms with van der Waals surface area (Å²) in [5, 5.41) is 3.48. The second-order valence-corrected chi connectivity index (χ2v) is 11.0. The number of benzene rings is 2. The Kier molecular flexibility index (Phi) is 6.99. The van der Waals surface area contributed by atoms with Gasteiger partial charge in [-0.15, -0.1) is 0 Å². The SMILES string of the molecule is CCOP(=O)(COc1cc(C)c(CC2CCC(=O)C23CNc2ccccc23)c(C)c1)OCC. The summed E-state index contributed by atoms with van der Waals surface area (Å²) in [6.07, 6.45) is 2.26. The van der Waals surface area contributed by atoms with E-state index in [9.17, 15) is 9.36 Å². The van der Waals surface area contributed by atoms with Crippen LogP contribution in [0, 0.1) is 19.8 Å². The Morgan fingerprint density at radius 2 is 1.76 bits per heavy atom. The van der Waals surface area contributed by atoms with Gasteiger partial charge in [-0.05, 0) is 86.9 Å². The van der Waals surface area contributed by atoms with Gasteiger partial charge in [0.05, 0.1) is 18.6 Å². The van der Waals surface area contributed by atoms with E-state index in [-0.39, 0.29) is 12.3 Å². The van der Waals surface area contributed by atoms with E-state index in [2.05, 4.69) is 31.3 Å². The number of hydrogen-bond donors (Lipinski definition) is 1. The lowest BCUT2D eigenvalue weighted by atomic mass is 9.70. The van der Waals surface area contributed by atoms with Gasteiger partial charge in [-0.3, -0.25) is 9.36 Å². The van der Waals surface area contributed by atoms with Crippen LogP contribution in [0.3, 0.4) is 0 Å². The van der Waals surface area contributed by atoms with Gasteiger partial charge in [0.1, 0.15) is 11.5 Å². The van der Waals surface area contributed by atoms with Crippen molar-refractivity contribution < 1.29 is 23.1 Å². The molecule has 1 saturated carbocycles. The molecule has 0 amide bonds. The van der Waals surface area contributed by atoms with Crippen LogP contribution in [0.5, 0.6) is 5.75 Å². The minimum Gasteiger partial charge on any atom is -0.481 e. The van der Waals surface area contributed by atoms with Crippen molar-refractivity contribution in [2.75, 3.05) is 31.4 Å². The van der Waals surface area contributed by atoms with E-state index in [0.717, 1.165) is 35.2 Å². The summed E-state index contributed by atoms with van der Waals surface area (Å²) >= 11 is 0. The molecule has 2 atom stereocenters. The van der Waals surface area contributed by atoms with Crippen LogP contribution < -0.4 is 10.1 Å². The minimum atomic E-state index is -3.27. The predicted molar refractivity (Wildman–Crippen MR) is 130 cm³/mol. The van der Waals surface area contributed by atoms with Gasteiger partial charge in [0, 0.05) is 18.7 Å². The fourth-order valence-electron chi connectivity index (χ4n) is 5.51. The molecule has 178 valence electrons. The van der Waals surface area contributed by atoms with Crippen molar-refractivity contribution in [3.63, 3.8) is 0 Å². The van der Waals surface area contributed by atoms with Gasteiger partial charge < -0.3 is 19.1 Å². The van der Waals surface area contributed by atoms with Crippen LogP contribution in [0.1, 0.15) is 48.9 Å². The van der Waals surface area contributed by atoms with Crippen molar-refractivity contribution in [1.29, 1.82) is 0 Å². The number of ether oxygens (including phenoxy) is 1. The smallest absolute Gasteiger partial charge is 0.367 e. The van der Waals surface area contributed by atoms with Gasteiger partial charge in [-0.25, -0.2) is 0 Å². The maximum absolute atomic E-state index is 13.2. The van der Waals surface area contributed by atoms with Gasteiger partial charge in [0.15, 0.2) is 6.35 Å². The van der Waals surface area contributed by atoms with Gasteiger partial charge >= 0.3 is 7.60 Å². The molecule has 0 bridgehead atoms. The highest BCUT2D eigenvalue weighted by Crippen LogP contribution is 2.51. The third-order valence-corrected chi connectivity index (χ3v) is 8.79. The summed E-state index contributed by atoms with van der Waals surface area (Å²) in [6, 6.07) is 12.2. The summed E-state index contributed by atoms with van der Waals surface area (Å²) in [5.41, 5.74) is 5.27. The largest absolute Gasteiger partial charge is 0.481 e. The number of carbonyl (C=O) groups excluding carboxylic acids is 1. The van der Waals surface area contributed by atoms with Gasteiger partial charge in [-0.1, -0.05) is 18.2 Å². The molecule has 33 heavy (non-hydrogen) atoms. The first-order chi connectivity index (χ1) is 15.8. The monoisotopic (exact) mass is 471 g/mol. The molecule has 2 aromatic carbocycles. The first kappa shape index (κ1) is 24.0. The summed E-state index contributed by atoms with van der Waals surface area (Å²) in [7, 11) is -3.27. The van der Waals surface area contributed by atoms with E-state index in [1.165, 1.54) is 5.56 Å². The number of hydrogen-bond acceptors (Lipinski definition) is 6. The summed E-state index contributed by atoms with van der Waals surface area (Å²) in [4.78, 5) is 13.2. The number of anilines is 1. The van der Waals surface area contributed by atoms with Crippen LogP contribution in [0.25, 0.3) is 0 Å². The molecule has 1 fully saturated rings. The van der Waals surface area contributed by atoms with Crippen LogP contribution in [0.4, 0.5) is 5.69 Å². The Hall–Kier alpha value is -2.14. The highest BCUT2D eigenvalue weighted by molar-refractivity contribution is 7.53. The second kappa shape index (κ2) is 9.61. The standard InChI is InChI=1S/C26H34NO5P/c1-5-31-33(29,32-6-2)17-30-21-13-18(3)22(19(4)14-21)15-20-11-12-25(28)26(20)16-27-24-10-8-7-9-23(24)26/h7-10,13-14,20,27H,5-6,11-12,15-17H2,1-4H3. The van der Waals surface area contributed by atoms with Crippen LogP contribution >= 0.6 is 7.60 Å². The molecular weight excluding hydrogens is 437 g/mol. The fraction of sp³-hybridized carbons (Fsp3) is 0.500. The molecule has 2 unspecified atom stereocenters. The minimum absolute atomic E-state index is 0.115. The van der Waals surface area contributed by atoms with Gasteiger partial charge in [0.25, 0.3) is 0 Å². The molecule has 1 heterocycles. The molecule has 7 heteroatoms. The maximum Gasteiger partial charge on any atom is 0.367 e.